The number of halogens is 6. The SMILES string of the molecule is N=C1NC(c2ccc3nc(C#Cc4ccccc4)ccc3c2)C(=O)N1[C@H](COC(=O)NC1(C(F)(F)F)CC1)c1ccc(Cl)c(-n2ncnc2C(F)F)c1. The van der Waals surface area contributed by atoms with E-state index in [0.717, 1.165) is 21.5 Å². The van der Waals surface area contributed by atoms with Crippen molar-refractivity contribution in [2.24, 2.45) is 0 Å². The standard InChI is InChI=1S/C36H26ClF5N8O3/c37-25-12-8-22(17-27(25)50-31(30(38)39)44-19-45-50)28(18-53-34(52)48-35(14-15-35)36(40,41)42)49-32(51)29(47-33(49)43)23-9-13-26-21(16-23)7-11-24(46-26)10-6-20-4-2-1-3-5-20/h1-5,7-9,11-13,16-17,19,28-30H,14-15,18H2,(H2,43,47)(H,48,52)/t28-,29?/m1/s1. The van der Waals surface area contributed by atoms with Crippen molar-refractivity contribution in [3.63, 3.8) is 0 Å². The summed E-state index contributed by atoms with van der Waals surface area (Å²) in [7, 11) is 0. The highest BCUT2D eigenvalue weighted by Crippen LogP contribution is 2.49. The topological polar surface area (TPSA) is 138 Å². The second-order valence-corrected chi connectivity index (χ2v) is 12.7. The van der Waals surface area contributed by atoms with Gasteiger partial charge in [-0.05, 0) is 78.4 Å². The smallest absolute Gasteiger partial charge is 0.411 e. The normalized spacial score (nSPS) is 17.0. The lowest BCUT2D eigenvalue weighted by atomic mass is 10.0. The molecule has 17 heteroatoms. The van der Waals surface area contributed by atoms with Gasteiger partial charge in [0.25, 0.3) is 12.3 Å². The first-order valence-corrected chi connectivity index (χ1v) is 16.4. The predicted molar refractivity (Wildman–Crippen MR) is 181 cm³/mol. The van der Waals surface area contributed by atoms with Crippen molar-refractivity contribution in [3.05, 3.63) is 118 Å². The number of alkyl halides is 5. The van der Waals surface area contributed by atoms with Crippen LogP contribution in [0, 0.1) is 17.3 Å². The quantitative estimate of drug-likeness (QED) is 0.118. The number of rotatable bonds is 8. The van der Waals surface area contributed by atoms with Gasteiger partial charge in [-0.3, -0.25) is 15.1 Å². The van der Waals surface area contributed by atoms with Gasteiger partial charge in [0, 0.05) is 10.9 Å². The molecule has 0 bridgehead atoms. The van der Waals surface area contributed by atoms with E-state index in [1.807, 2.05) is 35.6 Å². The minimum absolute atomic E-state index is 0.0304. The van der Waals surface area contributed by atoms with E-state index in [9.17, 15) is 31.5 Å². The first-order chi connectivity index (χ1) is 25.3. The Morgan fingerprint density at radius 3 is 2.57 bits per heavy atom. The summed E-state index contributed by atoms with van der Waals surface area (Å²) in [6, 6.07) is 19.6. The highest BCUT2D eigenvalue weighted by molar-refractivity contribution is 6.32. The number of alkyl carbamates (subject to hydrolysis) is 1. The molecular formula is C36H26ClF5N8O3. The summed E-state index contributed by atoms with van der Waals surface area (Å²) in [5.41, 5.74) is 0.0519. The van der Waals surface area contributed by atoms with E-state index in [1.165, 1.54) is 18.2 Å². The van der Waals surface area contributed by atoms with Crippen molar-refractivity contribution in [2.45, 2.75) is 43.1 Å². The first kappa shape index (κ1) is 35.3. The number of amides is 2. The molecule has 1 aliphatic carbocycles. The molecule has 53 heavy (non-hydrogen) atoms. The number of guanidine groups is 1. The zero-order valence-corrected chi connectivity index (χ0v) is 27.9. The van der Waals surface area contributed by atoms with Gasteiger partial charge in [-0.15, -0.1) is 0 Å². The van der Waals surface area contributed by atoms with Gasteiger partial charge in [-0.2, -0.15) is 18.3 Å². The molecule has 5 aromatic rings. The monoisotopic (exact) mass is 748 g/mol. The lowest BCUT2D eigenvalue weighted by Gasteiger charge is -2.28. The first-order valence-electron chi connectivity index (χ1n) is 16.0. The summed E-state index contributed by atoms with van der Waals surface area (Å²) in [6.07, 6.45) is -8.90. The van der Waals surface area contributed by atoms with E-state index in [2.05, 4.69) is 32.2 Å². The van der Waals surface area contributed by atoms with Crippen molar-refractivity contribution in [1.82, 2.24) is 35.3 Å². The largest absolute Gasteiger partial charge is 0.447 e. The summed E-state index contributed by atoms with van der Waals surface area (Å²) in [4.78, 5) is 35.9. The van der Waals surface area contributed by atoms with Crippen LogP contribution in [0.3, 0.4) is 0 Å². The molecule has 11 nitrogen and oxygen atoms in total. The number of carbonyl (C=O) groups is 2. The van der Waals surface area contributed by atoms with Crippen LogP contribution in [0.4, 0.5) is 26.7 Å². The van der Waals surface area contributed by atoms with Crippen LogP contribution in [0.25, 0.3) is 16.6 Å². The molecule has 1 aliphatic heterocycles. The molecule has 2 atom stereocenters. The fraction of sp³-hybridized carbons (Fsp3) is 0.222. The van der Waals surface area contributed by atoms with Crippen molar-refractivity contribution in [3.8, 4) is 17.5 Å². The number of fused-ring (bicyclic) bond motifs is 1. The van der Waals surface area contributed by atoms with Crippen LogP contribution in [0.5, 0.6) is 0 Å². The maximum Gasteiger partial charge on any atom is 0.411 e. The van der Waals surface area contributed by atoms with Crippen molar-refractivity contribution >= 4 is 40.5 Å². The Kier molecular flexibility index (Phi) is 9.20. The number of pyridine rings is 1. The lowest BCUT2D eigenvalue weighted by molar-refractivity contribution is -0.164. The molecule has 270 valence electrons. The number of carbonyl (C=O) groups excluding carboxylic acids is 2. The minimum Gasteiger partial charge on any atom is -0.447 e. The van der Waals surface area contributed by atoms with E-state index < -0.39 is 60.6 Å². The molecular weight excluding hydrogens is 723 g/mol. The Labute approximate surface area is 302 Å². The number of nitrogens with one attached hydrogen (secondary N) is 3. The van der Waals surface area contributed by atoms with Gasteiger partial charge in [-0.25, -0.2) is 28.2 Å². The summed E-state index contributed by atoms with van der Waals surface area (Å²) in [5, 5.41) is 17.9. The van der Waals surface area contributed by atoms with E-state index >= 15 is 0 Å². The second kappa shape index (κ2) is 13.8. The van der Waals surface area contributed by atoms with Gasteiger partial charge < -0.3 is 15.4 Å². The van der Waals surface area contributed by atoms with Gasteiger partial charge in [-0.1, -0.05) is 47.9 Å². The zero-order valence-electron chi connectivity index (χ0n) is 27.2. The van der Waals surface area contributed by atoms with Crippen LogP contribution in [0.1, 0.15) is 59.6 Å². The third-order valence-electron chi connectivity index (χ3n) is 8.83. The lowest BCUT2D eigenvalue weighted by Crippen LogP contribution is -2.48. The van der Waals surface area contributed by atoms with Crippen LogP contribution in [0.15, 0.2) is 85.2 Å². The van der Waals surface area contributed by atoms with E-state index in [4.69, 9.17) is 21.7 Å². The fourth-order valence-corrected chi connectivity index (χ4v) is 6.10. The van der Waals surface area contributed by atoms with Crippen molar-refractivity contribution < 1.29 is 36.3 Å². The van der Waals surface area contributed by atoms with Crippen molar-refractivity contribution in [1.29, 1.82) is 5.41 Å². The number of hydrogen-bond acceptors (Lipinski definition) is 7. The van der Waals surface area contributed by atoms with Crippen LogP contribution in [-0.4, -0.2) is 60.9 Å². The van der Waals surface area contributed by atoms with Gasteiger partial charge in [0.15, 0.2) is 11.8 Å². The highest BCUT2D eigenvalue weighted by Gasteiger charge is 2.64. The van der Waals surface area contributed by atoms with Crippen LogP contribution >= 0.6 is 11.6 Å². The Bertz CT molecular complexity index is 2300. The number of hydrogen-bond donors (Lipinski definition) is 3. The molecule has 0 radical (unpaired) electrons. The molecule has 3 aromatic carbocycles. The molecule has 2 aromatic heterocycles. The summed E-state index contributed by atoms with van der Waals surface area (Å²) >= 11 is 6.36. The Balaban J connectivity index is 1.18. The molecule has 2 amide bonds. The Hall–Kier alpha value is -6.08. The molecule has 2 fully saturated rings. The number of aromatic nitrogens is 4. The molecule has 1 saturated heterocycles. The fourth-order valence-electron chi connectivity index (χ4n) is 5.90. The molecule has 3 heterocycles. The zero-order chi connectivity index (χ0) is 37.5. The number of nitrogens with zero attached hydrogens (tertiary/aromatic N) is 5. The highest BCUT2D eigenvalue weighted by atomic mass is 35.5. The van der Waals surface area contributed by atoms with E-state index in [0.29, 0.717) is 22.2 Å². The van der Waals surface area contributed by atoms with E-state index in [-0.39, 0.29) is 29.1 Å². The molecule has 2 aliphatic rings. The molecule has 3 N–H and O–H groups in total. The Morgan fingerprint density at radius 1 is 1.08 bits per heavy atom. The number of benzene rings is 3. The maximum absolute atomic E-state index is 14.1. The van der Waals surface area contributed by atoms with Gasteiger partial charge in [0.1, 0.15) is 30.2 Å². The third kappa shape index (κ3) is 7.07. The minimum atomic E-state index is -4.71. The van der Waals surface area contributed by atoms with Crippen LogP contribution in [-0.2, 0) is 9.53 Å². The molecule has 0 spiro atoms. The maximum atomic E-state index is 14.1. The average Bonchev–Trinajstić information content (AvgIpc) is 3.65. The molecule has 1 unspecified atom stereocenters. The summed E-state index contributed by atoms with van der Waals surface area (Å²) in [6.45, 7) is -0.725. The molecule has 7 rings (SSSR count). The summed E-state index contributed by atoms with van der Waals surface area (Å²) < 4.78 is 74.1. The summed E-state index contributed by atoms with van der Waals surface area (Å²) in [5.74, 6) is 4.26. The third-order valence-corrected chi connectivity index (χ3v) is 9.15. The number of ether oxygens (including phenoxy) is 1. The Morgan fingerprint density at radius 2 is 1.85 bits per heavy atom. The van der Waals surface area contributed by atoms with Crippen LogP contribution in [0.2, 0.25) is 5.02 Å². The predicted octanol–water partition coefficient (Wildman–Crippen LogP) is 6.78. The second-order valence-electron chi connectivity index (χ2n) is 12.3. The van der Waals surface area contributed by atoms with Gasteiger partial charge in [0.05, 0.1) is 22.3 Å². The van der Waals surface area contributed by atoms with Crippen LogP contribution < -0.4 is 10.6 Å². The van der Waals surface area contributed by atoms with Gasteiger partial charge in [0.2, 0.25) is 0 Å². The molecule has 1 saturated carbocycles. The average molecular weight is 749 g/mol. The van der Waals surface area contributed by atoms with Gasteiger partial charge >= 0.3 is 12.3 Å². The van der Waals surface area contributed by atoms with Crippen molar-refractivity contribution in [2.75, 3.05) is 6.61 Å². The van der Waals surface area contributed by atoms with E-state index in [1.54, 1.807) is 30.3 Å².